The van der Waals surface area contributed by atoms with Gasteiger partial charge in [0.05, 0.1) is 5.69 Å². The Morgan fingerprint density at radius 1 is 1.39 bits per heavy atom. The Balaban J connectivity index is 2.32. The Hall–Kier alpha value is -1.88. The standard InChI is InChI=1S/C13H17N3O2/c1-13(2,3)18-12(17)16-10-7-5-4-6-9(10)8-15-11(16)14/h4-8,11H,14H2,1-3H3. The number of anilines is 1. The first-order chi connectivity index (χ1) is 8.38. The minimum absolute atomic E-state index is 0.487. The molecule has 0 spiro atoms. The number of carbonyl (C=O) groups excluding carboxylic acids is 1. The number of nitrogens with two attached hydrogens (primary N) is 1. The van der Waals surface area contributed by atoms with E-state index in [4.69, 9.17) is 10.5 Å². The molecule has 1 aliphatic heterocycles. The van der Waals surface area contributed by atoms with Crippen LogP contribution in [0, 0.1) is 0 Å². The van der Waals surface area contributed by atoms with Gasteiger partial charge in [-0.05, 0) is 26.8 Å². The number of carbonyl (C=O) groups is 1. The van der Waals surface area contributed by atoms with Gasteiger partial charge >= 0.3 is 6.09 Å². The number of hydrogen-bond acceptors (Lipinski definition) is 4. The molecule has 1 amide bonds. The van der Waals surface area contributed by atoms with Crippen molar-refractivity contribution >= 4 is 18.0 Å². The van der Waals surface area contributed by atoms with Crippen molar-refractivity contribution in [3.05, 3.63) is 29.8 Å². The van der Waals surface area contributed by atoms with Gasteiger partial charge in [0.1, 0.15) is 5.60 Å². The lowest BCUT2D eigenvalue weighted by Crippen LogP contribution is -2.49. The molecule has 1 atom stereocenters. The minimum Gasteiger partial charge on any atom is -0.443 e. The molecule has 0 bridgehead atoms. The molecule has 0 aliphatic carbocycles. The lowest BCUT2D eigenvalue weighted by Gasteiger charge is -2.32. The molecule has 0 saturated heterocycles. The third kappa shape index (κ3) is 2.51. The van der Waals surface area contributed by atoms with Gasteiger partial charge in [-0.3, -0.25) is 10.7 Å². The molecule has 1 aromatic rings. The molecule has 2 rings (SSSR count). The number of ether oxygens (including phenoxy) is 1. The van der Waals surface area contributed by atoms with Crippen molar-refractivity contribution in [1.82, 2.24) is 0 Å². The van der Waals surface area contributed by atoms with E-state index < -0.39 is 18.0 Å². The van der Waals surface area contributed by atoms with E-state index in [-0.39, 0.29) is 0 Å². The van der Waals surface area contributed by atoms with Crippen LogP contribution in [0.2, 0.25) is 0 Å². The lowest BCUT2D eigenvalue weighted by atomic mass is 10.1. The molecule has 0 fully saturated rings. The normalized spacial score (nSPS) is 18.4. The van der Waals surface area contributed by atoms with Crippen LogP contribution < -0.4 is 10.6 Å². The fourth-order valence-corrected chi connectivity index (χ4v) is 1.70. The van der Waals surface area contributed by atoms with Crippen LogP contribution in [0.5, 0.6) is 0 Å². The first-order valence-electron chi connectivity index (χ1n) is 5.78. The Morgan fingerprint density at radius 3 is 2.72 bits per heavy atom. The van der Waals surface area contributed by atoms with E-state index in [9.17, 15) is 4.79 Å². The Morgan fingerprint density at radius 2 is 2.06 bits per heavy atom. The summed E-state index contributed by atoms with van der Waals surface area (Å²) in [5.41, 5.74) is 6.85. The Bertz CT molecular complexity index is 491. The highest BCUT2D eigenvalue weighted by Crippen LogP contribution is 2.25. The predicted octanol–water partition coefficient (Wildman–Crippen LogP) is 2.10. The van der Waals surface area contributed by atoms with Gasteiger partial charge in [-0.1, -0.05) is 18.2 Å². The first-order valence-corrected chi connectivity index (χ1v) is 5.78. The van der Waals surface area contributed by atoms with Crippen molar-refractivity contribution in [2.24, 2.45) is 10.7 Å². The smallest absolute Gasteiger partial charge is 0.417 e. The number of fused-ring (bicyclic) bond motifs is 1. The highest BCUT2D eigenvalue weighted by Gasteiger charge is 2.30. The summed E-state index contributed by atoms with van der Waals surface area (Å²) in [5, 5.41) is 0. The van der Waals surface area contributed by atoms with Gasteiger partial charge in [-0.15, -0.1) is 0 Å². The molecule has 5 heteroatoms. The molecule has 96 valence electrons. The average molecular weight is 247 g/mol. The predicted molar refractivity (Wildman–Crippen MR) is 70.7 cm³/mol. The second-order valence-corrected chi connectivity index (χ2v) is 5.10. The maximum Gasteiger partial charge on any atom is 0.417 e. The lowest BCUT2D eigenvalue weighted by molar-refractivity contribution is 0.0567. The summed E-state index contributed by atoms with van der Waals surface area (Å²) in [5.74, 6) is 0. The van der Waals surface area contributed by atoms with E-state index >= 15 is 0 Å². The molecule has 2 N–H and O–H groups in total. The maximum absolute atomic E-state index is 12.1. The van der Waals surface area contributed by atoms with Crippen molar-refractivity contribution in [2.75, 3.05) is 4.90 Å². The van der Waals surface area contributed by atoms with Crippen LogP contribution in [-0.2, 0) is 4.74 Å². The van der Waals surface area contributed by atoms with Crippen LogP contribution in [0.3, 0.4) is 0 Å². The van der Waals surface area contributed by atoms with E-state index in [1.165, 1.54) is 4.90 Å². The van der Waals surface area contributed by atoms with Crippen molar-refractivity contribution in [3.8, 4) is 0 Å². The number of amides is 1. The third-order valence-corrected chi connectivity index (χ3v) is 2.42. The van der Waals surface area contributed by atoms with Gasteiger partial charge in [-0.2, -0.15) is 0 Å². The second-order valence-electron chi connectivity index (χ2n) is 5.10. The molecule has 1 heterocycles. The zero-order valence-electron chi connectivity index (χ0n) is 10.8. The molecular weight excluding hydrogens is 230 g/mol. The minimum atomic E-state index is -0.741. The molecule has 18 heavy (non-hydrogen) atoms. The summed E-state index contributed by atoms with van der Waals surface area (Å²) in [6, 6.07) is 7.43. The fourth-order valence-electron chi connectivity index (χ4n) is 1.70. The summed E-state index contributed by atoms with van der Waals surface area (Å²) in [7, 11) is 0. The molecule has 1 aliphatic rings. The highest BCUT2D eigenvalue weighted by molar-refractivity contribution is 5.99. The van der Waals surface area contributed by atoms with Gasteiger partial charge in [0.15, 0.2) is 6.29 Å². The zero-order valence-corrected chi connectivity index (χ0v) is 10.8. The topological polar surface area (TPSA) is 67.9 Å². The Kier molecular flexibility index (Phi) is 3.09. The number of nitrogens with zero attached hydrogens (tertiary/aromatic N) is 2. The summed E-state index contributed by atoms with van der Waals surface area (Å²) >= 11 is 0. The van der Waals surface area contributed by atoms with E-state index in [0.717, 1.165) is 5.56 Å². The van der Waals surface area contributed by atoms with Crippen molar-refractivity contribution < 1.29 is 9.53 Å². The Labute approximate surface area is 106 Å². The van der Waals surface area contributed by atoms with Crippen molar-refractivity contribution in [2.45, 2.75) is 32.7 Å². The number of aliphatic imine (C=N–C) groups is 1. The second kappa shape index (κ2) is 4.42. The van der Waals surface area contributed by atoms with E-state index in [2.05, 4.69) is 4.99 Å². The van der Waals surface area contributed by atoms with Crippen LogP contribution >= 0.6 is 0 Å². The van der Waals surface area contributed by atoms with Gasteiger partial charge in [0, 0.05) is 11.8 Å². The molecule has 1 unspecified atom stereocenters. The van der Waals surface area contributed by atoms with Crippen molar-refractivity contribution in [3.63, 3.8) is 0 Å². The van der Waals surface area contributed by atoms with E-state index in [1.807, 2.05) is 45.0 Å². The van der Waals surface area contributed by atoms with Gasteiger partial charge in [0.25, 0.3) is 0 Å². The molecule has 0 radical (unpaired) electrons. The molecule has 0 aromatic heterocycles. The number of hydrogen-bond donors (Lipinski definition) is 1. The van der Waals surface area contributed by atoms with E-state index in [0.29, 0.717) is 5.69 Å². The number of rotatable bonds is 0. The molecule has 0 saturated carbocycles. The quantitative estimate of drug-likeness (QED) is 0.763. The maximum atomic E-state index is 12.1. The van der Waals surface area contributed by atoms with Gasteiger partial charge in [0.2, 0.25) is 0 Å². The van der Waals surface area contributed by atoms with Crippen molar-refractivity contribution in [1.29, 1.82) is 0 Å². The van der Waals surface area contributed by atoms with Crippen LogP contribution in [0.1, 0.15) is 26.3 Å². The largest absolute Gasteiger partial charge is 0.443 e. The third-order valence-electron chi connectivity index (χ3n) is 2.42. The van der Waals surface area contributed by atoms with Crippen LogP contribution in [0.4, 0.5) is 10.5 Å². The fraction of sp³-hybridized carbons (Fsp3) is 0.385. The SMILES string of the molecule is CC(C)(C)OC(=O)N1c2ccccc2C=NC1N. The highest BCUT2D eigenvalue weighted by atomic mass is 16.6. The summed E-state index contributed by atoms with van der Waals surface area (Å²) in [6.45, 7) is 5.45. The average Bonchev–Trinajstić information content (AvgIpc) is 2.26. The van der Waals surface area contributed by atoms with Gasteiger partial charge in [-0.25, -0.2) is 9.69 Å². The molecular formula is C13H17N3O2. The van der Waals surface area contributed by atoms with Gasteiger partial charge < -0.3 is 4.74 Å². The summed E-state index contributed by atoms with van der Waals surface area (Å²) in [6.07, 6.45) is 0.440. The molecule has 1 aromatic carbocycles. The summed E-state index contributed by atoms with van der Waals surface area (Å²) < 4.78 is 5.34. The zero-order chi connectivity index (χ0) is 13.3. The van der Waals surface area contributed by atoms with Crippen LogP contribution in [0.15, 0.2) is 29.3 Å². The number of benzene rings is 1. The summed E-state index contributed by atoms with van der Waals surface area (Å²) in [4.78, 5) is 17.6. The van der Waals surface area contributed by atoms with E-state index in [1.54, 1.807) is 6.21 Å². The first kappa shape index (κ1) is 12.6. The monoisotopic (exact) mass is 247 g/mol. The molecule has 5 nitrogen and oxygen atoms in total. The van der Waals surface area contributed by atoms with Crippen LogP contribution in [0.25, 0.3) is 0 Å². The number of para-hydroxylation sites is 1. The van der Waals surface area contributed by atoms with Crippen LogP contribution in [-0.4, -0.2) is 24.2 Å².